The van der Waals surface area contributed by atoms with Gasteiger partial charge in [0.05, 0.1) is 39.6 Å². The molecule has 0 amide bonds. The minimum absolute atomic E-state index is 0.398. The average Bonchev–Trinajstić information content (AvgIpc) is 3.07. The maximum absolute atomic E-state index is 12.4. The summed E-state index contributed by atoms with van der Waals surface area (Å²) in [7, 11) is 6.27. The van der Waals surface area contributed by atoms with Crippen LogP contribution in [-0.4, -0.2) is 34.4 Å². The molecule has 1 aliphatic heterocycles. The average molecular weight is 368 g/mol. The number of hydrogen-bond acceptors (Lipinski definition) is 6. The van der Waals surface area contributed by atoms with Gasteiger partial charge in [0.15, 0.2) is 0 Å². The Morgan fingerprint density at radius 2 is 1.48 bits per heavy atom. The molecule has 3 rings (SSSR count). The van der Waals surface area contributed by atoms with Crippen LogP contribution in [0.25, 0.3) is 11.8 Å². The Labute approximate surface area is 157 Å². The van der Waals surface area contributed by atoms with Crippen molar-refractivity contribution in [3.05, 3.63) is 59.2 Å². The second kappa shape index (κ2) is 7.86. The van der Waals surface area contributed by atoms with Crippen LogP contribution in [0.3, 0.4) is 0 Å². The zero-order chi connectivity index (χ0) is 19.4. The van der Waals surface area contributed by atoms with Gasteiger partial charge in [-0.25, -0.2) is 4.79 Å². The summed E-state index contributed by atoms with van der Waals surface area (Å²) >= 11 is 0. The summed E-state index contributed by atoms with van der Waals surface area (Å²) in [5.74, 6) is 2.42. The third-order valence-electron chi connectivity index (χ3n) is 4.15. The molecule has 0 unspecified atom stereocenters. The molecule has 2 aromatic rings. The topological polar surface area (TPSA) is 63.2 Å². The minimum atomic E-state index is -0.451. The Bertz CT molecular complexity index is 926. The molecule has 0 atom stereocenters. The number of cyclic esters (lactones) is 1. The summed E-state index contributed by atoms with van der Waals surface area (Å²) in [6.07, 6.45) is 3.38. The molecule has 0 bridgehead atoms. The molecule has 0 aliphatic carbocycles. The van der Waals surface area contributed by atoms with E-state index in [1.165, 1.54) is 0 Å². The second-order valence-corrected chi connectivity index (χ2v) is 5.67. The van der Waals surface area contributed by atoms with Crippen LogP contribution in [0.1, 0.15) is 11.1 Å². The molecule has 2 aromatic carbocycles. The fourth-order valence-electron chi connectivity index (χ4n) is 2.73. The van der Waals surface area contributed by atoms with Gasteiger partial charge < -0.3 is 23.7 Å². The standard InChI is InChI=1S/C21H20O6/c1-23-15-7-8-18(25-3)17(11-15)20-10-14(21(22)27-20)9-13-5-6-16(24-2)12-19(13)26-4/h5-12H,1-4H3/b14-9-. The summed E-state index contributed by atoms with van der Waals surface area (Å²) in [5, 5.41) is 0. The van der Waals surface area contributed by atoms with Crippen molar-refractivity contribution in [2.75, 3.05) is 28.4 Å². The molecule has 0 radical (unpaired) electrons. The lowest BCUT2D eigenvalue weighted by Crippen LogP contribution is -1.99. The van der Waals surface area contributed by atoms with Crippen LogP contribution in [0.4, 0.5) is 0 Å². The van der Waals surface area contributed by atoms with E-state index in [2.05, 4.69) is 0 Å². The lowest BCUT2D eigenvalue weighted by atomic mass is 10.1. The highest BCUT2D eigenvalue weighted by molar-refractivity contribution is 6.05. The fraction of sp³-hybridized carbons (Fsp3) is 0.190. The Morgan fingerprint density at radius 3 is 2.15 bits per heavy atom. The first-order valence-corrected chi connectivity index (χ1v) is 8.19. The van der Waals surface area contributed by atoms with Crippen molar-refractivity contribution in [1.29, 1.82) is 0 Å². The van der Waals surface area contributed by atoms with Gasteiger partial charge in [-0.15, -0.1) is 0 Å². The van der Waals surface area contributed by atoms with Crippen molar-refractivity contribution < 1.29 is 28.5 Å². The third kappa shape index (κ3) is 3.74. The van der Waals surface area contributed by atoms with Gasteiger partial charge in [-0.3, -0.25) is 0 Å². The molecule has 0 spiro atoms. The highest BCUT2D eigenvalue weighted by atomic mass is 16.5. The maximum Gasteiger partial charge on any atom is 0.343 e. The minimum Gasteiger partial charge on any atom is -0.497 e. The van der Waals surface area contributed by atoms with E-state index in [1.807, 2.05) is 6.07 Å². The molecule has 0 fully saturated rings. The zero-order valence-electron chi connectivity index (χ0n) is 15.6. The first kappa shape index (κ1) is 18.4. The molecule has 1 heterocycles. The summed E-state index contributed by atoms with van der Waals surface area (Å²) in [6, 6.07) is 10.7. The maximum atomic E-state index is 12.4. The molecule has 0 saturated heterocycles. The van der Waals surface area contributed by atoms with Gasteiger partial charge in [-0.1, -0.05) is 0 Å². The third-order valence-corrected chi connectivity index (χ3v) is 4.15. The van der Waals surface area contributed by atoms with E-state index in [1.54, 1.807) is 70.9 Å². The van der Waals surface area contributed by atoms with Crippen LogP contribution in [0.15, 0.2) is 48.0 Å². The molecule has 0 saturated carbocycles. The Balaban J connectivity index is 2.01. The smallest absolute Gasteiger partial charge is 0.343 e. The van der Waals surface area contributed by atoms with Crippen LogP contribution in [0.5, 0.6) is 23.0 Å². The van der Waals surface area contributed by atoms with Gasteiger partial charge in [0, 0.05) is 11.6 Å². The summed E-state index contributed by atoms with van der Waals surface area (Å²) in [5.41, 5.74) is 1.77. The molecule has 27 heavy (non-hydrogen) atoms. The fourth-order valence-corrected chi connectivity index (χ4v) is 2.73. The van der Waals surface area contributed by atoms with Crippen LogP contribution < -0.4 is 18.9 Å². The van der Waals surface area contributed by atoms with Gasteiger partial charge >= 0.3 is 5.97 Å². The number of hydrogen-bond donors (Lipinski definition) is 0. The molecule has 6 nitrogen and oxygen atoms in total. The van der Waals surface area contributed by atoms with Gasteiger partial charge in [0.1, 0.15) is 28.8 Å². The van der Waals surface area contributed by atoms with E-state index < -0.39 is 5.97 Å². The normalized spacial score (nSPS) is 14.6. The highest BCUT2D eigenvalue weighted by Gasteiger charge is 2.25. The predicted molar refractivity (Wildman–Crippen MR) is 101 cm³/mol. The molecular weight excluding hydrogens is 348 g/mol. The van der Waals surface area contributed by atoms with Crippen LogP contribution in [0.2, 0.25) is 0 Å². The Hall–Kier alpha value is -3.41. The second-order valence-electron chi connectivity index (χ2n) is 5.67. The molecule has 0 aromatic heterocycles. The van der Waals surface area contributed by atoms with Gasteiger partial charge in [-0.05, 0) is 42.5 Å². The van der Waals surface area contributed by atoms with Crippen molar-refractivity contribution in [2.24, 2.45) is 0 Å². The van der Waals surface area contributed by atoms with Gasteiger partial charge in [0.25, 0.3) is 0 Å². The number of rotatable bonds is 6. The highest BCUT2D eigenvalue weighted by Crippen LogP contribution is 2.36. The Kier molecular flexibility index (Phi) is 5.35. The summed E-state index contributed by atoms with van der Waals surface area (Å²) < 4.78 is 26.6. The van der Waals surface area contributed by atoms with Crippen LogP contribution in [-0.2, 0) is 9.53 Å². The van der Waals surface area contributed by atoms with E-state index in [9.17, 15) is 4.79 Å². The number of ether oxygens (including phenoxy) is 5. The van der Waals surface area contributed by atoms with Crippen molar-refractivity contribution >= 4 is 17.8 Å². The van der Waals surface area contributed by atoms with Gasteiger partial charge in [-0.2, -0.15) is 0 Å². The van der Waals surface area contributed by atoms with E-state index in [-0.39, 0.29) is 0 Å². The molecular formula is C21H20O6. The Morgan fingerprint density at radius 1 is 0.815 bits per heavy atom. The molecule has 0 N–H and O–H groups in total. The van der Waals surface area contributed by atoms with Crippen molar-refractivity contribution in [1.82, 2.24) is 0 Å². The predicted octanol–water partition coefficient (Wildman–Crippen LogP) is 3.70. The van der Waals surface area contributed by atoms with Crippen LogP contribution in [0, 0.1) is 0 Å². The number of esters is 1. The zero-order valence-corrected chi connectivity index (χ0v) is 15.6. The van der Waals surface area contributed by atoms with E-state index in [0.29, 0.717) is 39.9 Å². The number of benzene rings is 2. The van der Waals surface area contributed by atoms with Crippen molar-refractivity contribution in [3.63, 3.8) is 0 Å². The van der Waals surface area contributed by atoms with Crippen molar-refractivity contribution in [2.45, 2.75) is 0 Å². The SMILES string of the molecule is COc1ccc(/C=C2/C=C(c3cc(OC)ccc3OC)OC2=O)c(OC)c1. The van der Waals surface area contributed by atoms with E-state index in [4.69, 9.17) is 23.7 Å². The first-order valence-electron chi connectivity index (χ1n) is 8.19. The van der Waals surface area contributed by atoms with Crippen molar-refractivity contribution in [3.8, 4) is 23.0 Å². The molecule has 140 valence electrons. The number of carbonyl (C=O) groups excluding carboxylic acids is 1. The van der Waals surface area contributed by atoms with E-state index in [0.717, 1.165) is 5.56 Å². The van der Waals surface area contributed by atoms with Crippen LogP contribution >= 0.6 is 0 Å². The summed E-state index contributed by atoms with van der Waals surface area (Å²) in [6.45, 7) is 0. The lowest BCUT2D eigenvalue weighted by molar-refractivity contribution is -0.130. The summed E-state index contributed by atoms with van der Waals surface area (Å²) in [4.78, 5) is 12.4. The lowest BCUT2D eigenvalue weighted by Gasteiger charge is -2.10. The quantitative estimate of drug-likeness (QED) is 0.572. The first-order chi connectivity index (χ1) is 13.1. The largest absolute Gasteiger partial charge is 0.497 e. The molecule has 6 heteroatoms. The van der Waals surface area contributed by atoms with E-state index >= 15 is 0 Å². The monoisotopic (exact) mass is 368 g/mol. The molecule has 1 aliphatic rings. The van der Waals surface area contributed by atoms with Gasteiger partial charge in [0.2, 0.25) is 0 Å². The number of carbonyl (C=O) groups is 1. The number of methoxy groups -OCH3 is 4.